The summed E-state index contributed by atoms with van der Waals surface area (Å²) in [6.45, 7) is 13.4. The van der Waals surface area contributed by atoms with Gasteiger partial charge in [-0.3, -0.25) is 8.75 Å². The van der Waals surface area contributed by atoms with E-state index in [-0.39, 0.29) is 29.0 Å². The average Bonchev–Trinajstić information content (AvgIpc) is 3.32. The van der Waals surface area contributed by atoms with Crippen LogP contribution >= 0.6 is 11.5 Å². The Morgan fingerprint density at radius 3 is 2.56 bits per heavy atom. The Morgan fingerprint density at radius 1 is 1.29 bits per heavy atom. The molecule has 1 fully saturated rings. The van der Waals surface area contributed by atoms with Crippen molar-refractivity contribution in [2.75, 3.05) is 13.2 Å². The molecule has 1 aliphatic heterocycles. The molecule has 5 nitrogen and oxygen atoms in total. The lowest BCUT2D eigenvalue weighted by Gasteiger charge is -2.25. The number of alkyl halides is 3. The van der Waals surface area contributed by atoms with Crippen molar-refractivity contribution in [1.29, 1.82) is 0 Å². The van der Waals surface area contributed by atoms with Crippen molar-refractivity contribution in [3.63, 3.8) is 0 Å². The zero-order chi connectivity index (χ0) is 25.3. The minimum atomic E-state index is -4.58. The molecule has 1 aliphatic rings. The monoisotopic (exact) mass is 497 g/mol. The number of carbonyl (C=O) groups excluding carboxylic acids is 1. The van der Waals surface area contributed by atoms with Crippen LogP contribution in [-0.4, -0.2) is 28.6 Å². The van der Waals surface area contributed by atoms with E-state index in [0.29, 0.717) is 17.0 Å². The molecule has 1 aromatic carbocycles. The van der Waals surface area contributed by atoms with Crippen molar-refractivity contribution in [2.24, 2.45) is 10.9 Å². The molecule has 0 radical (unpaired) electrons. The molecule has 1 aromatic heterocycles. The fourth-order valence-electron chi connectivity index (χ4n) is 3.85. The van der Waals surface area contributed by atoms with Gasteiger partial charge in [-0.05, 0) is 89.2 Å². The summed E-state index contributed by atoms with van der Waals surface area (Å²) in [7, 11) is 0. The van der Waals surface area contributed by atoms with Crippen LogP contribution in [0.25, 0.3) is 0 Å². The van der Waals surface area contributed by atoms with Crippen LogP contribution in [0.4, 0.5) is 13.2 Å². The van der Waals surface area contributed by atoms with Crippen LogP contribution in [0.2, 0.25) is 0 Å². The quantitative estimate of drug-likeness (QED) is 0.550. The van der Waals surface area contributed by atoms with Crippen LogP contribution in [0, 0.1) is 5.92 Å². The summed E-state index contributed by atoms with van der Waals surface area (Å²) in [5.74, 6) is -0.292. The minimum Gasteiger partial charge on any atom is -0.491 e. The fourth-order valence-corrected chi connectivity index (χ4v) is 4.86. The molecule has 1 N–H and O–H groups in total. The van der Waals surface area contributed by atoms with Crippen LogP contribution in [0.3, 0.4) is 0 Å². The van der Waals surface area contributed by atoms with Crippen LogP contribution < -0.4 is 14.7 Å². The molecule has 188 valence electrons. The normalized spacial score (nSPS) is 19.8. The molecule has 0 saturated carbocycles. The first-order valence-electron chi connectivity index (χ1n) is 11.6. The van der Waals surface area contributed by atoms with Gasteiger partial charge in [-0.15, -0.1) is 0 Å². The molecule has 9 heteroatoms. The third-order valence-corrected chi connectivity index (χ3v) is 7.14. The van der Waals surface area contributed by atoms with Crippen molar-refractivity contribution in [2.45, 2.75) is 78.1 Å². The zero-order valence-electron chi connectivity index (χ0n) is 20.7. The van der Waals surface area contributed by atoms with E-state index in [1.165, 1.54) is 17.6 Å². The topological polar surface area (TPSA) is 55.6 Å². The Morgan fingerprint density at radius 2 is 2.00 bits per heavy atom. The summed E-state index contributed by atoms with van der Waals surface area (Å²) in [6, 6.07) is 3.02. The molecule has 2 heterocycles. The number of nitrogens with zero attached hydrogens (tertiary/aromatic N) is 2. The number of benzene rings is 1. The number of hydrogen-bond donors (Lipinski definition) is 1. The van der Waals surface area contributed by atoms with Gasteiger partial charge in [0.1, 0.15) is 17.0 Å². The van der Waals surface area contributed by atoms with Gasteiger partial charge in [0, 0.05) is 22.8 Å². The van der Waals surface area contributed by atoms with E-state index in [0.717, 1.165) is 37.1 Å². The maximum atomic E-state index is 13.4. The predicted molar refractivity (Wildman–Crippen MR) is 128 cm³/mol. The number of amides is 1. The lowest BCUT2D eigenvalue weighted by Crippen LogP contribution is -2.42. The summed E-state index contributed by atoms with van der Waals surface area (Å²) < 4.78 is 48.7. The van der Waals surface area contributed by atoms with Gasteiger partial charge in [0.2, 0.25) is 0 Å². The second-order valence-electron chi connectivity index (χ2n) is 10.7. The zero-order valence-corrected chi connectivity index (χ0v) is 21.5. The molecule has 1 atom stereocenters. The second kappa shape index (κ2) is 9.85. The highest BCUT2D eigenvalue weighted by molar-refractivity contribution is 7.04. The smallest absolute Gasteiger partial charge is 0.416 e. The lowest BCUT2D eigenvalue weighted by molar-refractivity contribution is -0.137. The van der Waals surface area contributed by atoms with Gasteiger partial charge in [0.15, 0.2) is 0 Å². The Bertz CT molecular complexity index is 1090. The first kappa shape index (κ1) is 26.5. The summed E-state index contributed by atoms with van der Waals surface area (Å²) >= 11 is 1.34. The molecule has 0 spiro atoms. The van der Waals surface area contributed by atoms with Gasteiger partial charge in [0.25, 0.3) is 5.91 Å². The van der Waals surface area contributed by atoms with E-state index in [2.05, 4.69) is 24.2 Å². The van der Waals surface area contributed by atoms with Crippen molar-refractivity contribution in [3.05, 3.63) is 45.8 Å². The van der Waals surface area contributed by atoms with Crippen LogP contribution in [-0.2, 0) is 18.1 Å². The average molecular weight is 498 g/mol. The van der Waals surface area contributed by atoms with Crippen LogP contribution in [0.1, 0.15) is 75.9 Å². The standard InChI is InChI=1S/C25H34F3N3O2S/c1-16(2)12-17-14-31(23(3,4)5)34-22(17)30-21(32)19-13-18(25(26,27)28)8-9-20(19)33-15-24(6)10-7-11-29-24/h8-9,13-14,16,29H,7,10-12,15H2,1-6H3/t24-/m0/s1. The molecule has 0 bridgehead atoms. The number of aromatic nitrogens is 1. The highest BCUT2D eigenvalue weighted by Gasteiger charge is 2.33. The Balaban J connectivity index is 2.03. The first-order chi connectivity index (χ1) is 15.7. The third-order valence-electron chi connectivity index (χ3n) is 5.77. The minimum absolute atomic E-state index is 0.113. The summed E-state index contributed by atoms with van der Waals surface area (Å²) in [5, 5.41) is 3.36. The van der Waals surface area contributed by atoms with E-state index >= 15 is 0 Å². The lowest BCUT2D eigenvalue weighted by atomic mass is 10.0. The van der Waals surface area contributed by atoms with Gasteiger partial charge in [-0.1, -0.05) is 13.8 Å². The summed E-state index contributed by atoms with van der Waals surface area (Å²) in [4.78, 5) is 17.5. The molecule has 1 saturated heterocycles. The van der Waals surface area contributed by atoms with Crippen molar-refractivity contribution < 1.29 is 22.7 Å². The molecular formula is C25H34F3N3O2S. The Labute approximate surface area is 203 Å². The number of nitrogens with one attached hydrogen (secondary N) is 1. The molecule has 3 rings (SSSR count). The SMILES string of the molecule is CC(C)Cc1cn(C(C)(C)C)sc1=NC(=O)c1cc(C(F)(F)F)ccc1OC[C@]1(C)CCCN1. The maximum absolute atomic E-state index is 13.4. The number of ether oxygens (including phenoxy) is 1. The summed E-state index contributed by atoms with van der Waals surface area (Å²) in [6.07, 6.45) is 0.00274. The van der Waals surface area contributed by atoms with Gasteiger partial charge in [0.05, 0.1) is 11.1 Å². The molecule has 2 aromatic rings. The van der Waals surface area contributed by atoms with E-state index < -0.39 is 17.6 Å². The second-order valence-corrected chi connectivity index (χ2v) is 11.6. The predicted octanol–water partition coefficient (Wildman–Crippen LogP) is 5.78. The largest absolute Gasteiger partial charge is 0.491 e. The molecular weight excluding hydrogens is 463 g/mol. The Hall–Kier alpha value is -2.13. The van der Waals surface area contributed by atoms with E-state index in [1.54, 1.807) is 0 Å². The van der Waals surface area contributed by atoms with Gasteiger partial charge in [-0.25, -0.2) is 0 Å². The van der Waals surface area contributed by atoms with Gasteiger partial charge < -0.3 is 10.1 Å². The number of hydrogen-bond acceptors (Lipinski definition) is 4. The van der Waals surface area contributed by atoms with Crippen LogP contribution in [0.15, 0.2) is 29.4 Å². The molecule has 34 heavy (non-hydrogen) atoms. The highest BCUT2D eigenvalue weighted by Crippen LogP contribution is 2.33. The molecule has 0 aliphatic carbocycles. The number of carbonyl (C=O) groups is 1. The maximum Gasteiger partial charge on any atom is 0.416 e. The number of halogens is 3. The first-order valence-corrected chi connectivity index (χ1v) is 12.4. The van der Waals surface area contributed by atoms with E-state index in [9.17, 15) is 18.0 Å². The fraction of sp³-hybridized carbons (Fsp3) is 0.600. The van der Waals surface area contributed by atoms with E-state index in [1.807, 2.05) is 37.8 Å². The van der Waals surface area contributed by atoms with Gasteiger partial charge >= 0.3 is 6.18 Å². The van der Waals surface area contributed by atoms with Crippen LogP contribution in [0.5, 0.6) is 5.75 Å². The van der Waals surface area contributed by atoms with Gasteiger partial charge in [-0.2, -0.15) is 18.2 Å². The summed E-state index contributed by atoms with van der Waals surface area (Å²) in [5.41, 5.74) is -0.664. The van der Waals surface area contributed by atoms with Crippen molar-refractivity contribution in [3.8, 4) is 5.75 Å². The van der Waals surface area contributed by atoms with E-state index in [4.69, 9.17) is 4.74 Å². The van der Waals surface area contributed by atoms with Crippen molar-refractivity contribution in [1.82, 2.24) is 9.27 Å². The highest BCUT2D eigenvalue weighted by atomic mass is 32.1. The van der Waals surface area contributed by atoms with Crippen molar-refractivity contribution >= 4 is 17.4 Å². The molecule has 0 unspecified atom stereocenters. The third kappa shape index (κ3) is 6.50. The Kier molecular flexibility index (Phi) is 7.67. The number of rotatable bonds is 6. The molecule has 1 amide bonds.